The fourth-order valence-electron chi connectivity index (χ4n) is 6.84. The second kappa shape index (κ2) is 8.06. The molecule has 4 aliphatic heterocycles. The molecular formula is C32H28N2O5. The molecule has 3 aromatic carbocycles. The summed E-state index contributed by atoms with van der Waals surface area (Å²) in [6.07, 6.45) is 3.86. The molecule has 3 aromatic rings. The Morgan fingerprint density at radius 3 is 2.54 bits per heavy atom. The fraction of sp³-hybridized carbons (Fsp3) is 0.281. The highest BCUT2D eigenvalue weighted by molar-refractivity contribution is 6.15. The van der Waals surface area contributed by atoms with E-state index in [4.69, 9.17) is 9.47 Å². The van der Waals surface area contributed by atoms with Crippen LogP contribution >= 0.6 is 0 Å². The van der Waals surface area contributed by atoms with Crippen LogP contribution in [0.15, 0.2) is 72.9 Å². The Balaban J connectivity index is 1.53. The molecule has 0 aliphatic carbocycles. The van der Waals surface area contributed by atoms with Crippen molar-refractivity contribution in [2.75, 3.05) is 12.1 Å². The van der Waals surface area contributed by atoms with E-state index in [-0.39, 0.29) is 24.3 Å². The maximum absolute atomic E-state index is 14.8. The summed E-state index contributed by atoms with van der Waals surface area (Å²) in [5.74, 6) is -0.590. The van der Waals surface area contributed by atoms with Gasteiger partial charge >= 0.3 is 0 Å². The van der Waals surface area contributed by atoms with Crippen molar-refractivity contribution in [1.82, 2.24) is 4.90 Å². The SMILES string of the molecule is CC(C)(C)C(=O)[C@@H]1[C@@H](C(=O)c2ccc3c(c2)OCO3)[C@@]2(C(=O)Nc3ccccc32)[C@H]2c3ccccc3C=CN12. The standard InChI is InChI=1S/C32H28N2O5/c1-31(2,3)29(36)26-25(27(35)19-12-13-23-24(16-19)39-17-38-23)32(21-10-6-7-11-22(21)33-30(32)37)28-20-9-5-4-8-18(20)14-15-34(26)28/h4-16,25-26,28H,17H2,1-3H3,(H,33,37)/t25-,26-,28+,32+/m0/s1. The molecule has 7 heteroatoms. The topological polar surface area (TPSA) is 84.9 Å². The van der Waals surface area contributed by atoms with Gasteiger partial charge in [0.25, 0.3) is 0 Å². The Morgan fingerprint density at radius 2 is 1.72 bits per heavy atom. The van der Waals surface area contributed by atoms with Crippen LogP contribution in [-0.4, -0.2) is 35.2 Å². The summed E-state index contributed by atoms with van der Waals surface area (Å²) in [6, 6.07) is 19.1. The second-order valence-electron chi connectivity index (χ2n) is 11.6. The van der Waals surface area contributed by atoms with Gasteiger partial charge in [0.2, 0.25) is 12.7 Å². The number of Topliss-reactive ketones (excluding diaryl/α,β-unsaturated/α-hetero) is 2. The van der Waals surface area contributed by atoms with Crippen molar-refractivity contribution in [3.05, 3.63) is 95.2 Å². The van der Waals surface area contributed by atoms with Gasteiger partial charge in [-0.2, -0.15) is 0 Å². The quantitative estimate of drug-likeness (QED) is 0.482. The van der Waals surface area contributed by atoms with Gasteiger partial charge in [0.1, 0.15) is 5.41 Å². The Hall–Kier alpha value is -4.39. The lowest BCUT2D eigenvalue weighted by atomic mass is 9.62. The van der Waals surface area contributed by atoms with Gasteiger partial charge in [-0.1, -0.05) is 63.2 Å². The van der Waals surface area contributed by atoms with Crippen LogP contribution in [0.25, 0.3) is 6.08 Å². The van der Waals surface area contributed by atoms with Crippen molar-refractivity contribution in [1.29, 1.82) is 0 Å². The minimum atomic E-state index is -1.34. The number of hydrogen-bond donors (Lipinski definition) is 1. The number of nitrogens with zero attached hydrogens (tertiary/aromatic N) is 1. The van der Waals surface area contributed by atoms with Gasteiger partial charge in [0.05, 0.1) is 18.0 Å². The molecule has 0 aromatic heterocycles. The van der Waals surface area contributed by atoms with E-state index in [2.05, 4.69) is 5.32 Å². The van der Waals surface area contributed by atoms with Gasteiger partial charge in [0, 0.05) is 22.9 Å². The number of rotatable bonds is 3. The Labute approximate surface area is 226 Å². The Bertz CT molecular complexity index is 1600. The van der Waals surface area contributed by atoms with Crippen molar-refractivity contribution >= 4 is 29.2 Å². The van der Waals surface area contributed by atoms with Crippen molar-refractivity contribution in [2.24, 2.45) is 11.3 Å². The number of ether oxygens (including phenoxy) is 2. The minimum absolute atomic E-state index is 0.0820. The number of nitrogens with one attached hydrogen (secondary N) is 1. The molecule has 4 heterocycles. The third-order valence-electron chi connectivity index (χ3n) is 8.52. The van der Waals surface area contributed by atoms with E-state index in [9.17, 15) is 14.4 Å². The first-order chi connectivity index (χ1) is 18.7. The molecule has 196 valence electrons. The number of benzene rings is 3. The van der Waals surface area contributed by atoms with Crippen molar-refractivity contribution in [3.8, 4) is 11.5 Å². The molecule has 0 bridgehead atoms. The molecule has 7 nitrogen and oxygen atoms in total. The van der Waals surface area contributed by atoms with E-state index in [0.717, 1.165) is 16.7 Å². The van der Waals surface area contributed by atoms with Crippen LogP contribution in [0.5, 0.6) is 11.5 Å². The van der Waals surface area contributed by atoms with Gasteiger partial charge in [-0.25, -0.2) is 0 Å². The fourth-order valence-corrected chi connectivity index (χ4v) is 6.84. The molecule has 7 rings (SSSR count). The first-order valence-corrected chi connectivity index (χ1v) is 13.2. The van der Waals surface area contributed by atoms with Crippen molar-refractivity contribution in [3.63, 3.8) is 0 Å². The molecule has 0 saturated carbocycles. The average molecular weight is 521 g/mol. The minimum Gasteiger partial charge on any atom is -0.454 e. The number of para-hydroxylation sites is 1. The monoisotopic (exact) mass is 520 g/mol. The van der Waals surface area contributed by atoms with E-state index in [1.54, 1.807) is 18.2 Å². The highest BCUT2D eigenvalue weighted by Gasteiger charge is 2.71. The van der Waals surface area contributed by atoms with E-state index >= 15 is 0 Å². The number of carbonyl (C=O) groups excluding carboxylic acids is 3. The summed E-state index contributed by atoms with van der Waals surface area (Å²) in [7, 11) is 0. The predicted molar refractivity (Wildman–Crippen MR) is 145 cm³/mol. The zero-order chi connectivity index (χ0) is 27.1. The normalized spacial score (nSPS) is 25.8. The highest BCUT2D eigenvalue weighted by Crippen LogP contribution is 2.62. The molecule has 1 N–H and O–H groups in total. The molecular weight excluding hydrogens is 492 g/mol. The predicted octanol–water partition coefficient (Wildman–Crippen LogP) is 5.13. The number of amides is 1. The van der Waals surface area contributed by atoms with E-state index in [1.165, 1.54) is 0 Å². The van der Waals surface area contributed by atoms with Crippen molar-refractivity contribution in [2.45, 2.75) is 38.3 Å². The summed E-state index contributed by atoms with van der Waals surface area (Å²) in [5.41, 5.74) is 1.57. The lowest BCUT2D eigenvalue weighted by Crippen LogP contribution is -2.50. The first-order valence-electron chi connectivity index (χ1n) is 13.2. The number of fused-ring (bicyclic) bond motifs is 7. The van der Waals surface area contributed by atoms with Gasteiger partial charge < -0.3 is 19.7 Å². The third kappa shape index (κ3) is 3.13. The maximum atomic E-state index is 14.8. The van der Waals surface area contributed by atoms with Crippen LogP contribution in [0.2, 0.25) is 0 Å². The van der Waals surface area contributed by atoms with Crippen LogP contribution in [0, 0.1) is 11.3 Å². The lowest BCUT2D eigenvalue weighted by Gasteiger charge is -2.38. The van der Waals surface area contributed by atoms with E-state index < -0.39 is 28.8 Å². The average Bonchev–Trinajstić information content (AvgIpc) is 3.60. The van der Waals surface area contributed by atoms with Gasteiger partial charge in [-0.3, -0.25) is 14.4 Å². The maximum Gasteiger partial charge on any atom is 0.238 e. The summed E-state index contributed by atoms with van der Waals surface area (Å²) >= 11 is 0. The molecule has 1 spiro atoms. The molecule has 0 unspecified atom stereocenters. The van der Waals surface area contributed by atoms with Crippen LogP contribution in [-0.2, 0) is 15.0 Å². The van der Waals surface area contributed by atoms with Gasteiger partial charge in [-0.15, -0.1) is 0 Å². The van der Waals surface area contributed by atoms with E-state index in [1.807, 2.05) is 86.5 Å². The molecule has 4 atom stereocenters. The molecule has 0 radical (unpaired) electrons. The summed E-state index contributed by atoms with van der Waals surface area (Å²) in [6.45, 7) is 5.67. The second-order valence-corrected chi connectivity index (χ2v) is 11.6. The Kier molecular flexibility index (Phi) is 4.90. The van der Waals surface area contributed by atoms with Crippen LogP contribution in [0.3, 0.4) is 0 Å². The molecule has 1 amide bonds. The highest BCUT2D eigenvalue weighted by atomic mass is 16.7. The largest absolute Gasteiger partial charge is 0.454 e. The van der Waals surface area contributed by atoms with E-state index in [0.29, 0.717) is 22.7 Å². The zero-order valence-corrected chi connectivity index (χ0v) is 21.9. The number of anilines is 1. The zero-order valence-electron chi connectivity index (χ0n) is 21.9. The molecule has 1 fully saturated rings. The van der Waals surface area contributed by atoms with Crippen molar-refractivity contribution < 1.29 is 23.9 Å². The molecule has 1 saturated heterocycles. The van der Waals surface area contributed by atoms with Gasteiger partial charge in [-0.05, 0) is 47.0 Å². The smallest absolute Gasteiger partial charge is 0.238 e. The van der Waals surface area contributed by atoms with Crippen LogP contribution in [0.1, 0.15) is 53.9 Å². The molecule has 4 aliphatic rings. The summed E-state index contributed by atoms with van der Waals surface area (Å²) in [4.78, 5) is 45.5. The summed E-state index contributed by atoms with van der Waals surface area (Å²) in [5, 5.41) is 3.07. The third-order valence-corrected chi connectivity index (χ3v) is 8.52. The molecule has 39 heavy (non-hydrogen) atoms. The lowest BCUT2D eigenvalue weighted by molar-refractivity contribution is -0.131. The first kappa shape index (κ1) is 23.7. The van der Waals surface area contributed by atoms with Gasteiger partial charge in [0.15, 0.2) is 23.1 Å². The Morgan fingerprint density at radius 1 is 0.974 bits per heavy atom. The number of hydrogen-bond acceptors (Lipinski definition) is 6. The number of ketones is 2. The summed E-state index contributed by atoms with van der Waals surface area (Å²) < 4.78 is 11.0. The van der Waals surface area contributed by atoms with Crippen LogP contribution in [0.4, 0.5) is 5.69 Å². The number of carbonyl (C=O) groups is 3. The van der Waals surface area contributed by atoms with Crippen LogP contribution < -0.4 is 14.8 Å².